The van der Waals surface area contributed by atoms with Gasteiger partial charge in [-0.3, -0.25) is 0 Å². The Morgan fingerprint density at radius 2 is 2.07 bits per heavy atom. The maximum Gasteiger partial charge on any atom is 0.183 e. The molecule has 2 aromatic heterocycles. The Bertz CT molecular complexity index is 1120. The fourth-order valence-electron chi connectivity index (χ4n) is 4.26. The Morgan fingerprint density at radius 1 is 1.31 bits per heavy atom. The number of aromatic nitrogens is 4. The lowest BCUT2D eigenvalue weighted by molar-refractivity contribution is 0.0431. The number of ether oxygens (including phenoxy) is 1. The van der Waals surface area contributed by atoms with Crippen molar-refractivity contribution in [3.63, 3.8) is 0 Å². The van der Waals surface area contributed by atoms with E-state index in [4.69, 9.17) is 20.4 Å². The summed E-state index contributed by atoms with van der Waals surface area (Å²) in [6.07, 6.45) is 1.95. The van der Waals surface area contributed by atoms with Crippen LogP contribution < -0.4 is 15.4 Å². The number of anilines is 1. The van der Waals surface area contributed by atoms with Gasteiger partial charge in [0.1, 0.15) is 22.7 Å². The standard InChI is InChI=1S/C18H18FI2N6OP/c1-9-16(24-17-13(23-9)15(20)25-27(17)29-21)26-6-4-18(5-7-26)14(22)11-8-10(19)2-3-12(11)28-18/h2-3,8,14,29H,4-7,22H2,1H3/t14-/m1/s1. The molecule has 0 aliphatic carbocycles. The highest BCUT2D eigenvalue weighted by molar-refractivity contribution is 14.2. The van der Waals surface area contributed by atoms with Gasteiger partial charge in [-0.1, -0.05) is 0 Å². The van der Waals surface area contributed by atoms with Crippen LogP contribution in [0.25, 0.3) is 11.2 Å². The van der Waals surface area contributed by atoms with Crippen molar-refractivity contribution in [1.29, 1.82) is 0 Å². The lowest BCUT2D eigenvalue weighted by Crippen LogP contribution is -2.51. The Hall–Kier alpha value is -0.850. The number of hydrogen-bond donors (Lipinski definition) is 1. The van der Waals surface area contributed by atoms with E-state index in [-0.39, 0.29) is 11.9 Å². The third-order valence-corrected chi connectivity index (χ3v) is 8.36. The zero-order chi connectivity index (χ0) is 20.3. The number of halogens is 3. The zero-order valence-corrected chi connectivity index (χ0v) is 20.8. The maximum atomic E-state index is 13.7. The Morgan fingerprint density at radius 3 is 2.79 bits per heavy atom. The van der Waals surface area contributed by atoms with Crippen molar-refractivity contribution in [2.45, 2.75) is 31.4 Å². The van der Waals surface area contributed by atoms with E-state index in [0.717, 1.165) is 57.9 Å². The van der Waals surface area contributed by atoms with Gasteiger partial charge in [0.05, 0.1) is 18.1 Å². The highest BCUT2D eigenvalue weighted by atomic mass is 127. The van der Waals surface area contributed by atoms with Gasteiger partial charge in [-0.2, -0.15) is 5.10 Å². The summed E-state index contributed by atoms with van der Waals surface area (Å²) in [4.78, 5) is 11.9. The van der Waals surface area contributed by atoms with E-state index in [1.165, 1.54) is 12.1 Å². The van der Waals surface area contributed by atoms with E-state index < -0.39 is 5.60 Å². The van der Waals surface area contributed by atoms with Crippen LogP contribution in [-0.2, 0) is 0 Å². The molecular weight excluding hydrogens is 620 g/mol. The van der Waals surface area contributed by atoms with Gasteiger partial charge in [0.15, 0.2) is 15.2 Å². The second-order valence-electron chi connectivity index (χ2n) is 7.41. The van der Waals surface area contributed by atoms with E-state index in [1.54, 1.807) is 6.07 Å². The second kappa shape index (κ2) is 7.38. The van der Waals surface area contributed by atoms with E-state index in [1.807, 2.05) is 11.4 Å². The summed E-state index contributed by atoms with van der Waals surface area (Å²) in [6, 6.07) is 4.28. The largest absolute Gasteiger partial charge is 0.485 e. The van der Waals surface area contributed by atoms with Gasteiger partial charge in [-0.25, -0.2) is 18.8 Å². The van der Waals surface area contributed by atoms with Crippen LogP contribution in [0.15, 0.2) is 18.2 Å². The SMILES string of the molecule is Cc1nc2c(I)nn(PI)c2nc1N1CCC2(CC1)Oc1ccc(F)cc1[C@H]2N. The first-order valence-electron chi connectivity index (χ1n) is 9.20. The molecule has 0 bridgehead atoms. The highest BCUT2D eigenvalue weighted by Crippen LogP contribution is 2.47. The monoisotopic (exact) mass is 638 g/mol. The fraction of sp³-hybridized carbons (Fsp3) is 0.389. The predicted octanol–water partition coefficient (Wildman–Crippen LogP) is 4.10. The molecule has 0 saturated carbocycles. The van der Waals surface area contributed by atoms with Crippen molar-refractivity contribution >= 4 is 68.0 Å². The highest BCUT2D eigenvalue weighted by Gasteiger charge is 2.48. The van der Waals surface area contributed by atoms with Crippen molar-refractivity contribution in [1.82, 2.24) is 19.5 Å². The van der Waals surface area contributed by atoms with Crippen LogP contribution in [0.1, 0.15) is 30.1 Å². The summed E-state index contributed by atoms with van der Waals surface area (Å²) in [5, 5.41) is 4.53. The number of fused-ring (bicyclic) bond motifs is 2. The molecule has 29 heavy (non-hydrogen) atoms. The normalized spacial score (nSPS) is 20.7. The molecular formula is C18H18FI2N6OP. The average Bonchev–Trinajstić information content (AvgIpc) is 3.16. The molecule has 1 aromatic carbocycles. The van der Waals surface area contributed by atoms with Crippen LogP contribution in [0.2, 0.25) is 0 Å². The number of hydrogen-bond acceptors (Lipinski definition) is 6. The van der Waals surface area contributed by atoms with E-state index in [2.05, 4.69) is 54.6 Å². The lowest BCUT2D eigenvalue weighted by atomic mass is 9.83. The number of benzene rings is 1. The summed E-state index contributed by atoms with van der Waals surface area (Å²) in [6.45, 7) is 3.49. The van der Waals surface area contributed by atoms with Crippen molar-refractivity contribution in [2.24, 2.45) is 5.73 Å². The fourth-order valence-corrected chi connectivity index (χ4v) is 6.42. The molecule has 0 radical (unpaired) electrons. The first kappa shape index (κ1) is 20.1. The van der Waals surface area contributed by atoms with Crippen LogP contribution >= 0.6 is 51.0 Å². The molecule has 2 atom stereocenters. The molecule has 0 amide bonds. The van der Waals surface area contributed by atoms with Crippen LogP contribution in [0.3, 0.4) is 0 Å². The van der Waals surface area contributed by atoms with Crippen LogP contribution in [-0.4, -0.2) is 38.2 Å². The van der Waals surface area contributed by atoms with Gasteiger partial charge in [-0.05, 0) is 69.8 Å². The Labute approximate surface area is 195 Å². The first-order chi connectivity index (χ1) is 13.9. The average molecular weight is 638 g/mol. The van der Waals surface area contributed by atoms with Crippen LogP contribution in [0, 0.1) is 16.4 Å². The lowest BCUT2D eigenvalue weighted by Gasteiger charge is -2.41. The number of aryl methyl sites for hydroxylation is 1. The molecule has 1 fully saturated rings. The molecule has 3 aromatic rings. The van der Waals surface area contributed by atoms with Gasteiger partial charge in [0.25, 0.3) is 0 Å². The molecule has 11 heteroatoms. The molecule has 4 heterocycles. The first-order valence-corrected chi connectivity index (χ1v) is 14.3. The number of nitrogens with zero attached hydrogens (tertiary/aromatic N) is 5. The Balaban J connectivity index is 1.42. The summed E-state index contributed by atoms with van der Waals surface area (Å²) in [5.74, 6) is 1.31. The molecule has 7 nitrogen and oxygen atoms in total. The van der Waals surface area contributed by atoms with Crippen LogP contribution in [0.4, 0.5) is 10.2 Å². The topological polar surface area (TPSA) is 82.1 Å². The smallest absolute Gasteiger partial charge is 0.183 e. The Kier molecular flexibility index (Phi) is 5.11. The third kappa shape index (κ3) is 3.21. The molecule has 1 spiro atoms. The third-order valence-electron chi connectivity index (χ3n) is 5.79. The molecule has 1 unspecified atom stereocenters. The number of piperidine rings is 1. The summed E-state index contributed by atoms with van der Waals surface area (Å²) in [7, 11) is 0. The second-order valence-corrected chi connectivity index (χ2v) is 10.5. The molecule has 1 saturated heterocycles. The quantitative estimate of drug-likeness (QED) is 0.337. The van der Waals surface area contributed by atoms with E-state index in [9.17, 15) is 4.39 Å². The molecule has 2 N–H and O–H groups in total. The molecule has 152 valence electrons. The van der Waals surface area contributed by atoms with Crippen molar-refractivity contribution < 1.29 is 9.13 Å². The van der Waals surface area contributed by atoms with Gasteiger partial charge in [0, 0.05) is 31.5 Å². The van der Waals surface area contributed by atoms with Crippen molar-refractivity contribution in [2.75, 3.05) is 18.0 Å². The minimum absolute atomic E-state index is 0.279. The van der Waals surface area contributed by atoms with Gasteiger partial charge < -0.3 is 15.4 Å². The summed E-state index contributed by atoms with van der Waals surface area (Å²) in [5.41, 5.74) is 9.34. The van der Waals surface area contributed by atoms with E-state index >= 15 is 0 Å². The minimum Gasteiger partial charge on any atom is -0.485 e. The molecule has 2 aliphatic heterocycles. The minimum atomic E-state index is -0.487. The zero-order valence-electron chi connectivity index (χ0n) is 15.5. The molecule has 2 aliphatic rings. The van der Waals surface area contributed by atoms with Crippen molar-refractivity contribution in [3.05, 3.63) is 39.0 Å². The number of nitrogens with two attached hydrogens (primary N) is 1. The predicted molar refractivity (Wildman–Crippen MR) is 129 cm³/mol. The van der Waals surface area contributed by atoms with E-state index in [0.29, 0.717) is 12.1 Å². The summed E-state index contributed by atoms with van der Waals surface area (Å²) >= 11 is 4.51. The van der Waals surface area contributed by atoms with Crippen LogP contribution in [0.5, 0.6) is 5.75 Å². The summed E-state index contributed by atoms with van der Waals surface area (Å²) < 4.78 is 22.7. The van der Waals surface area contributed by atoms with Crippen molar-refractivity contribution in [3.8, 4) is 5.75 Å². The van der Waals surface area contributed by atoms with Gasteiger partial charge >= 0.3 is 0 Å². The van der Waals surface area contributed by atoms with Gasteiger partial charge in [0.2, 0.25) is 0 Å². The van der Waals surface area contributed by atoms with Gasteiger partial charge in [-0.15, -0.1) is 0 Å². The number of rotatable bonds is 2. The molecule has 5 rings (SSSR count). The maximum absolute atomic E-state index is 13.7.